The lowest BCUT2D eigenvalue weighted by atomic mass is 10.1. The van der Waals surface area contributed by atoms with Crippen LogP contribution in [0.25, 0.3) is 0 Å². The van der Waals surface area contributed by atoms with E-state index in [-0.39, 0.29) is 0 Å². The highest BCUT2D eigenvalue weighted by Crippen LogP contribution is 2.24. The zero-order valence-corrected chi connectivity index (χ0v) is 9.70. The Morgan fingerprint density at radius 2 is 2.19 bits per heavy atom. The predicted octanol–water partition coefficient (Wildman–Crippen LogP) is 3.08. The highest BCUT2D eigenvalue weighted by atomic mass is 16.5. The van der Waals surface area contributed by atoms with Crippen molar-refractivity contribution in [1.29, 1.82) is 0 Å². The molecule has 0 spiro atoms. The molecule has 16 heavy (non-hydrogen) atoms. The normalized spacial score (nSPS) is 15.4. The molecule has 1 heterocycles. The summed E-state index contributed by atoms with van der Waals surface area (Å²) in [7, 11) is 0. The summed E-state index contributed by atoms with van der Waals surface area (Å²) >= 11 is 0. The maximum Gasteiger partial charge on any atom is 0.142 e. The van der Waals surface area contributed by atoms with Crippen LogP contribution in [0.15, 0.2) is 29.3 Å². The van der Waals surface area contributed by atoms with Crippen molar-refractivity contribution in [1.82, 2.24) is 0 Å². The smallest absolute Gasteiger partial charge is 0.142 e. The Morgan fingerprint density at radius 3 is 2.94 bits per heavy atom. The van der Waals surface area contributed by atoms with Crippen LogP contribution in [0.3, 0.4) is 0 Å². The van der Waals surface area contributed by atoms with Crippen LogP contribution in [0.2, 0.25) is 0 Å². The number of nitrogens with one attached hydrogen (secondary N) is 1. The molecule has 2 rings (SSSR count). The van der Waals surface area contributed by atoms with Gasteiger partial charge in [0, 0.05) is 13.0 Å². The molecule has 0 aromatic heterocycles. The van der Waals surface area contributed by atoms with E-state index in [4.69, 9.17) is 4.74 Å². The van der Waals surface area contributed by atoms with Crippen molar-refractivity contribution in [2.75, 3.05) is 18.5 Å². The highest BCUT2D eigenvalue weighted by Gasteiger charge is 2.08. The molecule has 3 heteroatoms. The molecule has 0 saturated carbocycles. The zero-order chi connectivity index (χ0) is 11.2. The lowest BCUT2D eigenvalue weighted by Crippen LogP contribution is -2.16. The molecule has 1 aromatic carbocycles. The maximum absolute atomic E-state index is 5.56. The number of amidine groups is 1. The Morgan fingerprint density at radius 1 is 1.31 bits per heavy atom. The number of benzene rings is 1. The van der Waals surface area contributed by atoms with Crippen molar-refractivity contribution in [3.63, 3.8) is 0 Å². The topological polar surface area (TPSA) is 33.6 Å². The Labute approximate surface area is 96.5 Å². The second kappa shape index (κ2) is 5.54. The van der Waals surface area contributed by atoms with Gasteiger partial charge in [-0.2, -0.15) is 0 Å². The third kappa shape index (κ3) is 2.75. The van der Waals surface area contributed by atoms with E-state index in [1.165, 1.54) is 12.8 Å². The maximum atomic E-state index is 5.56. The van der Waals surface area contributed by atoms with E-state index >= 15 is 0 Å². The van der Waals surface area contributed by atoms with Crippen LogP contribution in [-0.4, -0.2) is 19.0 Å². The molecule has 0 unspecified atom stereocenters. The quantitative estimate of drug-likeness (QED) is 0.845. The van der Waals surface area contributed by atoms with Crippen LogP contribution in [0.1, 0.15) is 26.2 Å². The van der Waals surface area contributed by atoms with Gasteiger partial charge in [0.25, 0.3) is 0 Å². The van der Waals surface area contributed by atoms with Crippen molar-refractivity contribution in [3.05, 3.63) is 24.3 Å². The Bertz CT molecular complexity index is 374. The van der Waals surface area contributed by atoms with Gasteiger partial charge in [0.2, 0.25) is 0 Å². The second-order valence-corrected chi connectivity index (χ2v) is 3.84. The van der Waals surface area contributed by atoms with Crippen molar-refractivity contribution >= 4 is 11.5 Å². The molecule has 3 nitrogen and oxygen atoms in total. The average molecular weight is 218 g/mol. The van der Waals surface area contributed by atoms with Crippen LogP contribution in [0.4, 0.5) is 5.69 Å². The number of para-hydroxylation sites is 2. The van der Waals surface area contributed by atoms with Gasteiger partial charge in [-0.15, -0.1) is 0 Å². The van der Waals surface area contributed by atoms with Gasteiger partial charge in [-0.05, 0) is 31.9 Å². The lowest BCUT2D eigenvalue weighted by molar-refractivity contribution is 0.342. The van der Waals surface area contributed by atoms with Gasteiger partial charge >= 0.3 is 0 Å². The zero-order valence-electron chi connectivity index (χ0n) is 9.70. The van der Waals surface area contributed by atoms with Crippen molar-refractivity contribution in [2.24, 2.45) is 4.99 Å². The third-order valence-electron chi connectivity index (χ3n) is 2.59. The molecule has 0 radical (unpaired) electrons. The summed E-state index contributed by atoms with van der Waals surface area (Å²) in [6.07, 6.45) is 3.47. The Kier molecular flexibility index (Phi) is 3.81. The minimum absolute atomic E-state index is 0.686. The van der Waals surface area contributed by atoms with Crippen LogP contribution in [-0.2, 0) is 0 Å². The van der Waals surface area contributed by atoms with Gasteiger partial charge < -0.3 is 10.1 Å². The van der Waals surface area contributed by atoms with E-state index in [0.29, 0.717) is 6.61 Å². The molecule has 0 bridgehead atoms. The van der Waals surface area contributed by atoms with Gasteiger partial charge in [-0.3, -0.25) is 4.99 Å². The Balaban J connectivity index is 2.10. The number of ether oxygens (including phenoxy) is 1. The second-order valence-electron chi connectivity index (χ2n) is 3.84. The fourth-order valence-corrected chi connectivity index (χ4v) is 1.81. The first kappa shape index (κ1) is 11.0. The molecule has 0 aliphatic carbocycles. The van der Waals surface area contributed by atoms with Crippen LogP contribution in [0, 0.1) is 0 Å². The van der Waals surface area contributed by atoms with Gasteiger partial charge in [0.1, 0.15) is 11.6 Å². The molecule has 1 aliphatic heterocycles. The van der Waals surface area contributed by atoms with Gasteiger partial charge in [0.15, 0.2) is 0 Å². The molecular formula is C13H18N2O. The number of rotatable bonds is 3. The molecule has 1 aliphatic rings. The first-order valence-electron chi connectivity index (χ1n) is 5.92. The van der Waals surface area contributed by atoms with Gasteiger partial charge in [-0.1, -0.05) is 12.1 Å². The minimum atomic E-state index is 0.686. The molecule has 0 fully saturated rings. The van der Waals surface area contributed by atoms with E-state index in [0.717, 1.165) is 30.2 Å². The van der Waals surface area contributed by atoms with E-state index in [2.05, 4.69) is 10.3 Å². The van der Waals surface area contributed by atoms with E-state index in [1.54, 1.807) is 0 Å². The SMILES string of the molecule is CCOc1ccccc1NC1=NCCCC1. The molecule has 86 valence electrons. The predicted molar refractivity (Wildman–Crippen MR) is 67.4 cm³/mol. The number of hydrogen-bond donors (Lipinski definition) is 1. The standard InChI is InChI=1S/C13H18N2O/c1-2-16-12-8-4-3-7-11(12)15-13-9-5-6-10-14-13/h3-4,7-8H,2,5-6,9-10H2,1H3,(H,14,15). The van der Waals surface area contributed by atoms with Crippen molar-refractivity contribution < 1.29 is 4.74 Å². The van der Waals surface area contributed by atoms with Crippen molar-refractivity contribution in [3.8, 4) is 5.75 Å². The Hall–Kier alpha value is -1.51. The summed E-state index contributed by atoms with van der Waals surface area (Å²) in [6, 6.07) is 8.00. The summed E-state index contributed by atoms with van der Waals surface area (Å²) in [6.45, 7) is 3.62. The summed E-state index contributed by atoms with van der Waals surface area (Å²) in [4.78, 5) is 4.48. The third-order valence-corrected chi connectivity index (χ3v) is 2.59. The number of nitrogens with zero attached hydrogens (tertiary/aromatic N) is 1. The fourth-order valence-electron chi connectivity index (χ4n) is 1.81. The largest absolute Gasteiger partial charge is 0.492 e. The molecule has 1 N–H and O–H groups in total. The van der Waals surface area contributed by atoms with Crippen LogP contribution < -0.4 is 10.1 Å². The number of hydrogen-bond acceptors (Lipinski definition) is 3. The minimum Gasteiger partial charge on any atom is -0.492 e. The monoisotopic (exact) mass is 218 g/mol. The van der Waals surface area contributed by atoms with E-state index in [1.807, 2.05) is 31.2 Å². The highest BCUT2D eigenvalue weighted by molar-refractivity contribution is 5.96. The summed E-state index contributed by atoms with van der Waals surface area (Å²) in [5.74, 6) is 1.98. The van der Waals surface area contributed by atoms with Crippen molar-refractivity contribution in [2.45, 2.75) is 26.2 Å². The van der Waals surface area contributed by atoms with Gasteiger partial charge in [0.05, 0.1) is 12.3 Å². The number of aliphatic imine (C=N–C) groups is 1. The molecule has 0 atom stereocenters. The van der Waals surface area contributed by atoms with Gasteiger partial charge in [-0.25, -0.2) is 0 Å². The molecule has 1 aromatic rings. The molecule has 0 saturated heterocycles. The summed E-state index contributed by atoms with van der Waals surface area (Å²) < 4.78 is 5.56. The van der Waals surface area contributed by atoms with Crippen LogP contribution >= 0.6 is 0 Å². The molecular weight excluding hydrogens is 200 g/mol. The number of anilines is 1. The summed E-state index contributed by atoms with van der Waals surface area (Å²) in [5.41, 5.74) is 1.02. The average Bonchev–Trinajstić information content (AvgIpc) is 2.33. The van der Waals surface area contributed by atoms with E-state index < -0.39 is 0 Å². The first-order chi connectivity index (χ1) is 7.90. The lowest BCUT2D eigenvalue weighted by Gasteiger charge is -2.16. The molecule has 0 amide bonds. The fraction of sp³-hybridized carbons (Fsp3) is 0.462. The first-order valence-corrected chi connectivity index (χ1v) is 5.92. The summed E-state index contributed by atoms with van der Waals surface area (Å²) in [5, 5.41) is 3.36. The van der Waals surface area contributed by atoms with Crippen LogP contribution in [0.5, 0.6) is 5.75 Å². The van der Waals surface area contributed by atoms with E-state index in [9.17, 15) is 0 Å².